The quantitative estimate of drug-likeness (QED) is 0.336. The van der Waals surface area contributed by atoms with Crippen molar-refractivity contribution in [2.75, 3.05) is 28.6 Å². The number of urea groups is 1. The van der Waals surface area contributed by atoms with Gasteiger partial charge in [0, 0.05) is 23.8 Å². The molecule has 0 saturated heterocycles. The standard InChI is InChI=1S/C25H32ClN3O3/c1-16(2)14-29(15-17(3)4)21-6-5-7-22(32-24(30)18-8-9-18)23(21)28-25(31)27-20-12-10-19(26)11-13-20/h5-7,10-13,16-18H,8-9,14-15H2,1-4H3,(H2,27,28,31). The molecule has 1 saturated carbocycles. The minimum Gasteiger partial charge on any atom is -0.424 e. The summed E-state index contributed by atoms with van der Waals surface area (Å²) >= 11 is 5.93. The number of rotatable bonds is 9. The fourth-order valence-corrected chi connectivity index (χ4v) is 3.59. The average Bonchev–Trinajstić information content (AvgIpc) is 3.55. The maximum absolute atomic E-state index is 12.9. The Hall–Kier alpha value is -2.73. The molecular weight excluding hydrogens is 426 g/mol. The van der Waals surface area contributed by atoms with Crippen molar-refractivity contribution < 1.29 is 14.3 Å². The van der Waals surface area contributed by atoms with E-state index < -0.39 is 6.03 Å². The van der Waals surface area contributed by atoms with Gasteiger partial charge in [-0.05, 0) is 61.1 Å². The zero-order chi connectivity index (χ0) is 23.3. The third-order valence-electron chi connectivity index (χ3n) is 4.98. The molecule has 0 aliphatic heterocycles. The van der Waals surface area contributed by atoms with Gasteiger partial charge in [-0.1, -0.05) is 45.4 Å². The fourth-order valence-electron chi connectivity index (χ4n) is 3.47. The van der Waals surface area contributed by atoms with Crippen LogP contribution in [0.1, 0.15) is 40.5 Å². The first kappa shape index (κ1) is 23.9. The monoisotopic (exact) mass is 457 g/mol. The van der Waals surface area contributed by atoms with Gasteiger partial charge in [-0.2, -0.15) is 0 Å². The van der Waals surface area contributed by atoms with Crippen LogP contribution in [0, 0.1) is 17.8 Å². The lowest BCUT2D eigenvalue weighted by Gasteiger charge is -2.31. The van der Waals surface area contributed by atoms with E-state index in [0.717, 1.165) is 31.6 Å². The van der Waals surface area contributed by atoms with Gasteiger partial charge in [0.25, 0.3) is 0 Å². The summed E-state index contributed by atoms with van der Waals surface area (Å²) in [5, 5.41) is 6.34. The summed E-state index contributed by atoms with van der Waals surface area (Å²) in [6, 6.07) is 12.0. The number of carbonyl (C=O) groups is 2. The van der Waals surface area contributed by atoms with Gasteiger partial charge in [0.1, 0.15) is 5.69 Å². The van der Waals surface area contributed by atoms with Gasteiger partial charge in [-0.3, -0.25) is 4.79 Å². The average molecular weight is 458 g/mol. The molecule has 0 radical (unpaired) electrons. The van der Waals surface area contributed by atoms with E-state index in [9.17, 15) is 9.59 Å². The second-order valence-electron chi connectivity index (χ2n) is 9.12. The summed E-state index contributed by atoms with van der Waals surface area (Å²) in [5.41, 5.74) is 1.94. The van der Waals surface area contributed by atoms with Gasteiger partial charge >= 0.3 is 12.0 Å². The normalized spacial score (nSPS) is 13.2. The van der Waals surface area contributed by atoms with Crippen molar-refractivity contribution in [1.29, 1.82) is 0 Å². The molecule has 3 rings (SSSR count). The molecule has 0 atom stereocenters. The van der Waals surface area contributed by atoms with Crippen molar-refractivity contribution in [1.82, 2.24) is 0 Å². The van der Waals surface area contributed by atoms with E-state index in [1.807, 2.05) is 12.1 Å². The van der Waals surface area contributed by atoms with Crippen LogP contribution in [-0.2, 0) is 4.79 Å². The molecule has 32 heavy (non-hydrogen) atoms. The number of anilines is 3. The molecular formula is C25H32ClN3O3. The number of amides is 2. The Morgan fingerprint density at radius 2 is 1.62 bits per heavy atom. The van der Waals surface area contributed by atoms with Crippen molar-refractivity contribution in [3.8, 4) is 5.75 Å². The molecule has 1 aliphatic rings. The molecule has 2 N–H and O–H groups in total. The summed E-state index contributed by atoms with van der Waals surface area (Å²) in [4.78, 5) is 27.5. The number of halogens is 1. The highest BCUT2D eigenvalue weighted by atomic mass is 35.5. The summed E-state index contributed by atoms with van der Waals surface area (Å²) < 4.78 is 5.71. The predicted octanol–water partition coefficient (Wildman–Crippen LogP) is 6.42. The smallest absolute Gasteiger partial charge is 0.323 e. The van der Waals surface area contributed by atoms with Crippen molar-refractivity contribution in [3.63, 3.8) is 0 Å². The lowest BCUT2D eigenvalue weighted by atomic mass is 10.1. The maximum atomic E-state index is 12.9. The number of hydrogen-bond acceptors (Lipinski definition) is 4. The molecule has 0 heterocycles. The number of nitrogens with zero attached hydrogens (tertiary/aromatic N) is 1. The number of carbonyl (C=O) groups excluding carboxylic acids is 2. The van der Waals surface area contributed by atoms with Crippen LogP contribution in [0.4, 0.5) is 21.9 Å². The number of ether oxygens (including phenoxy) is 1. The first-order chi connectivity index (χ1) is 15.2. The lowest BCUT2D eigenvalue weighted by Crippen LogP contribution is -2.33. The van der Waals surface area contributed by atoms with Gasteiger partial charge in [0.05, 0.1) is 11.6 Å². The Morgan fingerprint density at radius 3 is 2.19 bits per heavy atom. The highest BCUT2D eigenvalue weighted by molar-refractivity contribution is 6.30. The van der Waals surface area contributed by atoms with E-state index in [2.05, 4.69) is 43.2 Å². The maximum Gasteiger partial charge on any atom is 0.323 e. The molecule has 0 bridgehead atoms. The van der Waals surface area contributed by atoms with E-state index >= 15 is 0 Å². The van der Waals surface area contributed by atoms with Gasteiger partial charge in [-0.15, -0.1) is 0 Å². The van der Waals surface area contributed by atoms with E-state index in [-0.39, 0.29) is 11.9 Å². The van der Waals surface area contributed by atoms with Crippen molar-refractivity contribution >= 4 is 40.7 Å². The first-order valence-corrected chi connectivity index (χ1v) is 11.5. The number of para-hydroxylation sites is 1. The fraction of sp³-hybridized carbons (Fsp3) is 0.440. The molecule has 0 unspecified atom stereocenters. The minimum absolute atomic E-state index is 0.0446. The van der Waals surface area contributed by atoms with E-state index in [0.29, 0.717) is 34.0 Å². The van der Waals surface area contributed by atoms with Crippen LogP contribution in [0.2, 0.25) is 5.02 Å². The Labute approximate surface area is 195 Å². The van der Waals surface area contributed by atoms with Crippen molar-refractivity contribution in [2.24, 2.45) is 17.8 Å². The predicted molar refractivity (Wildman–Crippen MR) is 131 cm³/mol. The van der Waals surface area contributed by atoms with E-state index in [1.165, 1.54) is 0 Å². The van der Waals surface area contributed by atoms with Crippen LogP contribution in [-0.4, -0.2) is 25.1 Å². The van der Waals surface area contributed by atoms with Gasteiger partial charge in [0.15, 0.2) is 5.75 Å². The zero-order valence-corrected chi connectivity index (χ0v) is 19.9. The van der Waals surface area contributed by atoms with Gasteiger partial charge in [-0.25, -0.2) is 4.79 Å². The number of hydrogen-bond donors (Lipinski definition) is 2. The molecule has 2 amide bonds. The second kappa shape index (κ2) is 10.7. The van der Waals surface area contributed by atoms with E-state index in [1.54, 1.807) is 30.3 Å². The minimum atomic E-state index is -0.419. The number of nitrogens with one attached hydrogen (secondary N) is 2. The highest BCUT2D eigenvalue weighted by Crippen LogP contribution is 2.38. The number of benzene rings is 2. The molecule has 1 aliphatic carbocycles. The Balaban J connectivity index is 1.91. The van der Waals surface area contributed by atoms with Crippen LogP contribution < -0.4 is 20.3 Å². The molecule has 0 aromatic heterocycles. The van der Waals surface area contributed by atoms with Crippen molar-refractivity contribution in [2.45, 2.75) is 40.5 Å². The molecule has 172 valence electrons. The Bertz CT molecular complexity index is 930. The van der Waals surface area contributed by atoms with Gasteiger partial charge < -0.3 is 20.3 Å². The lowest BCUT2D eigenvalue weighted by molar-refractivity contribution is -0.135. The van der Waals surface area contributed by atoms with Crippen LogP contribution in [0.3, 0.4) is 0 Å². The van der Waals surface area contributed by atoms with E-state index in [4.69, 9.17) is 16.3 Å². The molecule has 2 aromatic carbocycles. The molecule has 0 spiro atoms. The van der Waals surface area contributed by atoms with Crippen LogP contribution in [0.5, 0.6) is 5.75 Å². The summed E-state index contributed by atoms with van der Waals surface area (Å²) in [7, 11) is 0. The zero-order valence-electron chi connectivity index (χ0n) is 19.2. The topological polar surface area (TPSA) is 70.7 Å². The second-order valence-corrected chi connectivity index (χ2v) is 9.56. The number of esters is 1. The molecule has 2 aromatic rings. The van der Waals surface area contributed by atoms with Gasteiger partial charge in [0.2, 0.25) is 0 Å². The summed E-state index contributed by atoms with van der Waals surface area (Å²) in [6.45, 7) is 10.3. The van der Waals surface area contributed by atoms with Crippen LogP contribution in [0.15, 0.2) is 42.5 Å². The van der Waals surface area contributed by atoms with Crippen LogP contribution >= 0.6 is 11.6 Å². The molecule has 7 heteroatoms. The third kappa shape index (κ3) is 6.89. The van der Waals surface area contributed by atoms with Crippen molar-refractivity contribution in [3.05, 3.63) is 47.5 Å². The summed E-state index contributed by atoms with van der Waals surface area (Å²) in [6.07, 6.45) is 1.70. The summed E-state index contributed by atoms with van der Waals surface area (Å²) in [5.74, 6) is 0.909. The SMILES string of the molecule is CC(C)CN(CC(C)C)c1cccc(OC(=O)C2CC2)c1NC(=O)Nc1ccc(Cl)cc1. The molecule has 1 fully saturated rings. The largest absolute Gasteiger partial charge is 0.424 e. The Morgan fingerprint density at radius 1 is 1.00 bits per heavy atom. The molecule has 6 nitrogen and oxygen atoms in total. The van der Waals surface area contributed by atoms with Crippen LogP contribution in [0.25, 0.3) is 0 Å². The third-order valence-corrected chi connectivity index (χ3v) is 5.23. The Kier molecular flexibility index (Phi) is 8.02. The highest BCUT2D eigenvalue weighted by Gasteiger charge is 2.32. The first-order valence-electron chi connectivity index (χ1n) is 11.2.